The van der Waals surface area contributed by atoms with Crippen LogP contribution >= 0.6 is 31.9 Å². The predicted octanol–water partition coefficient (Wildman–Crippen LogP) is 4.40. The lowest BCUT2D eigenvalue weighted by Gasteiger charge is -2.14. The van der Waals surface area contributed by atoms with Crippen molar-refractivity contribution < 1.29 is 8.42 Å². The van der Waals surface area contributed by atoms with Crippen molar-refractivity contribution in [3.05, 3.63) is 39.7 Å². The van der Waals surface area contributed by atoms with Crippen LogP contribution in [0.25, 0.3) is 0 Å². The summed E-state index contributed by atoms with van der Waals surface area (Å²) >= 11 is 6.96. The zero-order valence-electron chi connectivity index (χ0n) is 9.77. The fourth-order valence-electron chi connectivity index (χ4n) is 2.07. The molecule has 1 aromatic carbocycles. The maximum atomic E-state index is 12.6. The first-order chi connectivity index (χ1) is 8.53. The van der Waals surface area contributed by atoms with Crippen molar-refractivity contribution in [1.82, 2.24) is 0 Å². The van der Waals surface area contributed by atoms with E-state index >= 15 is 0 Å². The average molecular weight is 394 g/mol. The molecule has 0 spiro atoms. The highest BCUT2D eigenvalue weighted by atomic mass is 79.9. The number of halogens is 2. The fourth-order valence-corrected chi connectivity index (χ4v) is 6.53. The molecular weight excluding hydrogens is 380 g/mol. The highest BCUT2D eigenvalue weighted by molar-refractivity contribution is 9.12. The van der Waals surface area contributed by atoms with Crippen molar-refractivity contribution in [3.63, 3.8) is 0 Å². The van der Waals surface area contributed by atoms with Crippen LogP contribution in [0, 0.1) is 0 Å². The van der Waals surface area contributed by atoms with E-state index in [0.717, 1.165) is 30.2 Å². The molecule has 0 heterocycles. The Kier molecular flexibility index (Phi) is 4.67. The molecule has 5 heteroatoms. The Bertz CT molecular complexity index is 550. The Labute approximate surface area is 125 Å². The van der Waals surface area contributed by atoms with Gasteiger partial charge in [-0.2, -0.15) is 0 Å². The van der Waals surface area contributed by atoms with Crippen LogP contribution < -0.4 is 0 Å². The summed E-state index contributed by atoms with van der Waals surface area (Å²) in [5.74, 6) is 0. The van der Waals surface area contributed by atoms with E-state index in [1.54, 1.807) is 24.3 Å². The highest BCUT2D eigenvalue weighted by Crippen LogP contribution is 2.37. The minimum atomic E-state index is -3.40. The van der Waals surface area contributed by atoms with Crippen LogP contribution in [-0.2, 0) is 9.84 Å². The molecule has 0 fully saturated rings. The fraction of sp³-hybridized carbons (Fsp3) is 0.385. The second-order valence-corrected chi connectivity index (χ2v) is 8.28. The molecule has 1 aliphatic rings. The summed E-state index contributed by atoms with van der Waals surface area (Å²) in [7, 11) is -3.40. The zero-order chi connectivity index (χ0) is 13.2. The Morgan fingerprint density at radius 3 is 2.44 bits per heavy atom. The third-order valence-electron chi connectivity index (χ3n) is 3.00. The summed E-state index contributed by atoms with van der Waals surface area (Å²) in [6.45, 7) is 0. The van der Waals surface area contributed by atoms with E-state index in [-0.39, 0.29) is 4.83 Å². The summed E-state index contributed by atoms with van der Waals surface area (Å²) in [4.78, 5) is 0.758. The molecule has 1 aliphatic carbocycles. The van der Waals surface area contributed by atoms with Crippen molar-refractivity contribution in [1.29, 1.82) is 0 Å². The third-order valence-corrected chi connectivity index (χ3v) is 7.31. The summed E-state index contributed by atoms with van der Waals surface area (Å²) in [5.41, 5.74) is 0. The molecular formula is C13H14Br2O2S. The van der Waals surface area contributed by atoms with E-state index in [4.69, 9.17) is 0 Å². The van der Waals surface area contributed by atoms with E-state index in [0.29, 0.717) is 9.80 Å². The van der Waals surface area contributed by atoms with Gasteiger partial charge >= 0.3 is 0 Å². The van der Waals surface area contributed by atoms with E-state index in [1.165, 1.54) is 0 Å². The van der Waals surface area contributed by atoms with Crippen LogP contribution in [0.5, 0.6) is 0 Å². The van der Waals surface area contributed by atoms with E-state index in [2.05, 4.69) is 31.9 Å². The molecule has 1 aromatic rings. The van der Waals surface area contributed by atoms with Gasteiger partial charge in [0.15, 0.2) is 0 Å². The molecule has 0 saturated carbocycles. The monoisotopic (exact) mass is 392 g/mol. The lowest BCUT2D eigenvalue weighted by atomic mass is 10.2. The molecule has 1 atom stereocenters. The molecule has 0 N–H and O–H groups in total. The van der Waals surface area contributed by atoms with Crippen LogP contribution in [0.4, 0.5) is 0 Å². The van der Waals surface area contributed by atoms with Crippen molar-refractivity contribution in [3.8, 4) is 0 Å². The topological polar surface area (TPSA) is 34.1 Å². The van der Waals surface area contributed by atoms with Gasteiger partial charge in [0, 0.05) is 4.48 Å². The van der Waals surface area contributed by atoms with E-state index < -0.39 is 9.84 Å². The molecule has 2 rings (SSSR count). The molecule has 18 heavy (non-hydrogen) atoms. The molecule has 0 amide bonds. The van der Waals surface area contributed by atoms with Crippen LogP contribution in [0.1, 0.15) is 25.7 Å². The SMILES string of the molecule is O=S(=O)(C1=C(Br)CCCCC1Br)c1ccccc1. The van der Waals surface area contributed by atoms with Crippen molar-refractivity contribution in [2.45, 2.75) is 35.4 Å². The number of benzene rings is 1. The Balaban J connectivity index is 2.52. The number of alkyl halides is 1. The number of sulfone groups is 1. The molecule has 1 unspecified atom stereocenters. The van der Waals surface area contributed by atoms with Gasteiger partial charge < -0.3 is 0 Å². The smallest absolute Gasteiger partial charge is 0.204 e. The van der Waals surface area contributed by atoms with Crippen LogP contribution in [0.3, 0.4) is 0 Å². The van der Waals surface area contributed by atoms with Gasteiger partial charge in [-0.3, -0.25) is 0 Å². The van der Waals surface area contributed by atoms with Crippen molar-refractivity contribution in [2.24, 2.45) is 0 Å². The molecule has 0 saturated heterocycles. The lowest BCUT2D eigenvalue weighted by molar-refractivity contribution is 0.600. The largest absolute Gasteiger partial charge is 0.219 e. The van der Waals surface area contributed by atoms with Crippen LogP contribution in [0.15, 0.2) is 44.6 Å². The van der Waals surface area contributed by atoms with Crippen LogP contribution in [-0.4, -0.2) is 13.2 Å². The van der Waals surface area contributed by atoms with Gasteiger partial charge in [-0.15, -0.1) is 0 Å². The summed E-state index contributed by atoms with van der Waals surface area (Å²) in [6.07, 6.45) is 3.72. The van der Waals surface area contributed by atoms with Gasteiger partial charge in [-0.1, -0.05) is 56.5 Å². The quantitative estimate of drug-likeness (QED) is 0.697. The summed E-state index contributed by atoms with van der Waals surface area (Å²) in [5, 5.41) is 0. The molecule has 0 bridgehead atoms. The molecule has 0 aromatic heterocycles. The van der Waals surface area contributed by atoms with Gasteiger partial charge in [-0.25, -0.2) is 8.42 Å². The Morgan fingerprint density at radius 2 is 1.78 bits per heavy atom. The van der Waals surface area contributed by atoms with Crippen molar-refractivity contribution in [2.75, 3.05) is 0 Å². The number of rotatable bonds is 2. The second kappa shape index (κ2) is 5.88. The Hall–Kier alpha value is -0.130. The summed E-state index contributed by atoms with van der Waals surface area (Å²) < 4.78 is 26.1. The average Bonchev–Trinajstić information content (AvgIpc) is 2.52. The molecule has 2 nitrogen and oxygen atoms in total. The van der Waals surface area contributed by atoms with Crippen LogP contribution in [0.2, 0.25) is 0 Å². The third kappa shape index (κ3) is 2.89. The maximum Gasteiger partial charge on any atom is 0.204 e. The maximum absolute atomic E-state index is 12.6. The molecule has 0 aliphatic heterocycles. The van der Waals surface area contributed by atoms with Gasteiger partial charge in [0.05, 0.1) is 14.6 Å². The first-order valence-corrected chi connectivity index (χ1v) is 9.05. The second-order valence-electron chi connectivity index (χ2n) is 4.30. The summed E-state index contributed by atoms with van der Waals surface area (Å²) in [6, 6.07) is 8.62. The normalized spacial score (nSPS) is 21.8. The first-order valence-electron chi connectivity index (χ1n) is 5.86. The van der Waals surface area contributed by atoms with E-state index in [1.807, 2.05) is 6.07 Å². The minimum absolute atomic E-state index is 0.0976. The molecule has 0 radical (unpaired) electrons. The Morgan fingerprint density at radius 1 is 1.11 bits per heavy atom. The van der Waals surface area contributed by atoms with Gasteiger partial charge in [-0.05, 0) is 31.4 Å². The minimum Gasteiger partial charge on any atom is -0.219 e. The number of hydrogen-bond donors (Lipinski definition) is 0. The van der Waals surface area contributed by atoms with Gasteiger partial charge in [0.2, 0.25) is 9.84 Å². The van der Waals surface area contributed by atoms with Gasteiger partial charge in [0.1, 0.15) is 0 Å². The van der Waals surface area contributed by atoms with Gasteiger partial charge in [0.25, 0.3) is 0 Å². The first kappa shape index (κ1) is 14.3. The zero-order valence-corrected chi connectivity index (χ0v) is 13.8. The number of allylic oxidation sites excluding steroid dienone is 2. The lowest BCUT2D eigenvalue weighted by Crippen LogP contribution is -2.14. The predicted molar refractivity (Wildman–Crippen MR) is 80.8 cm³/mol. The standard InChI is InChI=1S/C13H14Br2O2S/c14-11-8-4-5-9-12(15)13(11)18(16,17)10-6-2-1-3-7-10/h1-3,6-7,11H,4-5,8-9H2. The highest BCUT2D eigenvalue weighted by Gasteiger charge is 2.30. The number of hydrogen-bond acceptors (Lipinski definition) is 2. The van der Waals surface area contributed by atoms with E-state index in [9.17, 15) is 8.42 Å². The van der Waals surface area contributed by atoms with Crippen molar-refractivity contribution >= 4 is 41.7 Å². The molecule has 98 valence electrons.